The number of carbonyl (C=O) groups is 1. The van der Waals surface area contributed by atoms with Crippen LogP contribution in [0.3, 0.4) is 0 Å². The summed E-state index contributed by atoms with van der Waals surface area (Å²) in [6, 6.07) is 4.71. The van der Waals surface area contributed by atoms with Gasteiger partial charge in [-0.25, -0.2) is 0 Å². The number of allylic oxidation sites excluding steroid dienone is 4. The molecule has 0 aromatic heterocycles. The molecule has 0 aliphatic heterocycles. The van der Waals surface area contributed by atoms with Gasteiger partial charge in [0.05, 0.1) is 0 Å². The molecule has 1 aromatic carbocycles. The first-order valence-corrected chi connectivity index (χ1v) is 12.0. The summed E-state index contributed by atoms with van der Waals surface area (Å²) in [5.41, 5.74) is 7.67. The van der Waals surface area contributed by atoms with Crippen molar-refractivity contribution in [3.8, 4) is 0 Å². The maximum Gasteiger partial charge on any atom is 0.167 e. The van der Waals surface area contributed by atoms with Gasteiger partial charge in [0.1, 0.15) is 0 Å². The van der Waals surface area contributed by atoms with Gasteiger partial charge in [0, 0.05) is 12.0 Å². The van der Waals surface area contributed by atoms with E-state index in [4.69, 9.17) is 0 Å². The fourth-order valence-electron chi connectivity index (χ4n) is 4.60. The fourth-order valence-corrected chi connectivity index (χ4v) is 4.60. The molecule has 1 aliphatic carbocycles. The first-order valence-electron chi connectivity index (χ1n) is 12.0. The van der Waals surface area contributed by atoms with Crippen LogP contribution < -0.4 is 0 Å². The molecule has 0 N–H and O–H groups in total. The maximum atomic E-state index is 13.6. The van der Waals surface area contributed by atoms with Crippen LogP contribution in [0.15, 0.2) is 35.4 Å². The quantitative estimate of drug-likeness (QED) is 0.422. The minimum absolute atomic E-state index is 0.290. The van der Waals surface area contributed by atoms with Gasteiger partial charge in [-0.1, -0.05) is 99.1 Å². The van der Waals surface area contributed by atoms with E-state index in [0.29, 0.717) is 47.7 Å². The molecule has 0 saturated heterocycles. The van der Waals surface area contributed by atoms with Crippen LogP contribution in [0, 0.1) is 17.8 Å². The van der Waals surface area contributed by atoms with Gasteiger partial charge in [-0.05, 0) is 64.2 Å². The van der Waals surface area contributed by atoms with Crippen LogP contribution in [0.1, 0.15) is 116 Å². The van der Waals surface area contributed by atoms with Gasteiger partial charge in [0.15, 0.2) is 5.78 Å². The van der Waals surface area contributed by atoms with Gasteiger partial charge >= 0.3 is 0 Å². The summed E-state index contributed by atoms with van der Waals surface area (Å²) in [5, 5.41) is 0. The van der Waals surface area contributed by atoms with Crippen molar-refractivity contribution in [2.45, 2.75) is 99.8 Å². The monoisotopic (exact) mass is 408 g/mol. The molecule has 1 aliphatic rings. The highest BCUT2D eigenvalue weighted by Gasteiger charge is 2.26. The molecular weight excluding hydrogens is 364 g/mol. The minimum atomic E-state index is 0.290. The lowest BCUT2D eigenvalue weighted by atomic mass is 9.77. The third-order valence-corrected chi connectivity index (χ3v) is 6.75. The van der Waals surface area contributed by atoms with E-state index in [1.807, 2.05) is 0 Å². The fraction of sp³-hybridized carbons (Fsp3) is 0.621. The molecule has 0 bridgehead atoms. The normalized spacial score (nSPS) is 17.4. The summed E-state index contributed by atoms with van der Waals surface area (Å²) in [4.78, 5) is 13.6. The van der Waals surface area contributed by atoms with Crippen LogP contribution in [0.25, 0.3) is 0 Å². The zero-order valence-electron chi connectivity index (χ0n) is 21.1. The average molecular weight is 409 g/mol. The van der Waals surface area contributed by atoms with E-state index in [0.717, 1.165) is 12.0 Å². The summed E-state index contributed by atoms with van der Waals surface area (Å²) in [6.07, 6.45) is 5.95. The van der Waals surface area contributed by atoms with E-state index in [9.17, 15) is 4.79 Å². The van der Waals surface area contributed by atoms with E-state index in [2.05, 4.69) is 93.5 Å². The molecule has 166 valence electrons. The zero-order chi connectivity index (χ0) is 22.7. The summed E-state index contributed by atoms with van der Waals surface area (Å²) in [7, 11) is 0. The molecule has 2 rings (SSSR count). The Morgan fingerprint density at radius 1 is 0.833 bits per heavy atom. The van der Waals surface area contributed by atoms with Crippen LogP contribution in [0.4, 0.5) is 0 Å². The molecule has 30 heavy (non-hydrogen) atoms. The summed E-state index contributed by atoms with van der Waals surface area (Å²) in [5.74, 6) is 3.17. The zero-order valence-corrected chi connectivity index (χ0v) is 21.1. The van der Waals surface area contributed by atoms with Crippen molar-refractivity contribution in [2.24, 2.45) is 17.8 Å². The molecule has 1 aromatic rings. The number of Topliss-reactive ketones (excluding diaryl/α,β-unsaturated/α-hetero) is 1. The van der Waals surface area contributed by atoms with E-state index < -0.39 is 0 Å². The van der Waals surface area contributed by atoms with E-state index in [1.54, 1.807) is 0 Å². The highest BCUT2D eigenvalue weighted by atomic mass is 16.1. The lowest BCUT2D eigenvalue weighted by Gasteiger charge is -2.28. The molecule has 1 nitrogen and oxygen atoms in total. The predicted molar refractivity (Wildman–Crippen MR) is 131 cm³/mol. The van der Waals surface area contributed by atoms with Gasteiger partial charge in [0.2, 0.25) is 0 Å². The Hall–Kier alpha value is -1.63. The molecule has 0 heterocycles. The summed E-state index contributed by atoms with van der Waals surface area (Å²) >= 11 is 0. The minimum Gasteiger partial charge on any atom is -0.294 e. The Bertz CT molecular complexity index is 786. The van der Waals surface area contributed by atoms with Gasteiger partial charge < -0.3 is 0 Å². The first kappa shape index (κ1) is 24.6. The molecule has 0 saturated carbocycles. The average Bonchev–Trinajstić information content (AvgIpc) is 2.66. The Kier molecular flexibility index (Phi) is 8.31. The highest BCUT2D eigenvalue weighted by Crippen LogP contribution is 2.36. The Labute approximate surface area is 186 Å². The van der Waals surface area contributed by atoms with Gasteiger partial charge in [-0.3, -0.25) is 4.79 Å². The van der Waals surface area contributed by atoms with Crippen molar-refractivity contribution in [3.63, 3.8) is 0 Å². The molecule has 0 amide bonds. The van der Waals surface area contributed by atoms with E-state index >= 15 is 0 Å². The number of carbonyl (C=O) groups excluding carboxylic acids is 1. The molecular formula is C29H44O. The number of rotatable bonds is 8. The third-order valence-electron chi connectivity index (χ3n) is 6.75. The number of benzene rings is 1. The van der Waals surface area contributed by atoms with Crippen LogP contribution in [0.5, 0.6) is 0 Å². The van der Waals surface area contributed by atoms with Crippen molar-refractivity contribution in [2.75, 3.05) is 0 Å². The van der Waals surface area contributed by atoms with Gasteiger partial charge in [-0.15, -0.1) is 0 Å². The topological polar surface area (TPSA) is 17.1 Å². The van der Waals surface area contributed by atoms with E-state index in [-0.39, 0.29) is 0 Å². The SMILES string of the molecule is CC(C)C1=C(C(=O)Cc2c(C(C)C)cc(C(C)C)cc2C(C)C)C=CC(C(C)C)C1. The summed E-state index contributed by atoms with van der Waals surface area (Å²) in [6.45, 7) is 22.5. The smallest absolute Gasteiger partial charge is 0.167 e. The molecule has 0 fully saturated rings. The van der Waals surface area contributed by atoms with Crippen LogP contribution in [0.2, 0.25) is 0 Å². The number of hydrogen-bond acceptors (Lipinski definition) is 1. The van der Waals surface area contributed by atoms with Crippen molar-refractivity contribution in [3.05, 3.63) is 57.7 Å². The maximum absolute atomic E-state index is 13.6. The second kappa shape index (κ2) is 10.1. The molecule has 1 unspecified atom stereocenters. The standard InChI is InChI=1S/C29H44O/c1-17(2)22-11-12-24(25(13-22)19(5)6)29(30)16-28-26(20(7)8)14-23(18(3)4)15-27(28)21(9)10/h11-12,14-15,17-22H,13,16H2,1-10H3. The van der Waals surface area contributed by atoms with Crippen molar-refractivity contribution in [1.82, 2.24) is 0 Å². The molecule has 1 heteroatoms. The number of ketones is 1. The predicted octanol–water partition coefficient (Wildman–Crippen LogP) is 8.35. The second-order valence-electron chi connectivity index (χ2n) is 10.8. The Balaban J connectivity index is 2.52. The van der Waals surface area contributed by atoms with Crippen molar-refractivity contribution >= 4 is 5.78 Å². The molecule has 0 spiro atoms. The van der Waals surface area contributed by atoms with Crippen LogP contribution in [-0.2, 0) is 11.2 Å². The van der Waals surface area contributed by atoms with Crippen LogP contribution >= 0.6 is 0 Å². The lowest BCUT2D eigenvalue weighted by molar-refractivity contribution is -0.114. The molecule has 1 atom stereocenters. The van der Waals surface area contributed by atoms with Gasteiger partial charge in [0.25, 0.3) is 0 Å². The first-order chi connectivity index (χ1) is 13.9. The van der Waals surface area contributed by atoms with Gasteiger partial charge in [-0.2, -0.15) is 0 Å². The summed E-state index contributed by atoms with van der Waals surface area (Å²) < 4.78 is 0. The largest absolute Gasteiger partial charge is 0.294 e. The van der Waals surface area contributed by atoms with Crippen molar-refractivity contribution < 1.29 is 4.79 Å². The van der Waals surface area contributed by atoms with Crippen LogP contribution in [-0.4, -0.2) is 5.78 Å². The van der Waals surface area contributed by atoms with E-state index in [1.165, 1.54) is 27.8 Å². The highest BCUT2D eigenvalue weighted by molar-refractivity contribution is 6.00. The third kappa shape index (κ3) is 5.54. The number of hydrogen-bond donors (Lipinski definition) is 0. The lowest BCUT2D eigenvalue weighted by Crippen LogP contribution is -2.20. The second-order valence-corrected chi connectivity index (χ2v) is 10.8. The van der Waals surface area contributed by atoms with Crippen molar-refractivity contribution in [1.29, 1.82) is 0 Å². The Morgan fingerprint density at radius 3 is 1.77 bits per heavy atom. The molecule has 0 radical (unpaired) electrons. The Morgan fingerprint density at radius 2 is 1.37 bits per heavy atom.